The summed E-state index contributed by atoms with van der Waals surface area (Å²) >= 11 is 11.1. The molecule has 1 aromatic carbocycles. The Bertz CT molecular complexity index is 1590. The topological polar surface area (TPSA) is 156 Å². The van der Waals surface area contributed by atoms with Crippen molar-refractivity contribution >= 4 is 53.8 Å². The Kier molecular flexibility index (Phi) is 13.4. The molecule has 0 radical (unpaired) electrons. The molecule has 13 nitrogen and oxygen atoms in total. The normalized spacial score (nSPS) is 32.2. The highest BCUT2D eigenvalue weighted by Crippen LogP contribution is 2.49. The molecular weight excluding hydrogens is 714 g/mol. The van der Waals surface area contributed by atoms with E-state index in [4.69, 9.17) is 35.3 Å². The number of nitrogens with zero attached hydrogens (tertiary/aromatic N) is 2. The molecule has 3 aliphatic rings. The summed E-state index contributed by atoms with van der Waals surface area (Å²) in [7, 11) is 6.02. The zero-order valence-corrected chi connectivity index (χ0v) is 33.0. The Morgan fingerprint density at radius 1 is 1.25 bits per heavy atom. The maximum Gasteiger partial charge on any atom is 0.409 e. The number of ether oxygens (including phenoxy) is 5. The first kappa shape index (κ1) is 41.5. The van der Waals surface area contributed by atoms with Gasteiger partial charge in [0, 0.05) is 40.0 Å². The summed E-state index contributed by atoms with van der Waals surface area (Å²) in [5, 5.41) is 14.5. The quantitative estimate of drug-likeness (QED) is 0.194. The number of esters is 1. The number of rotatable bonds is 8. The molecule has 288 valence electrons. The second kappa shape index (κ2) is 16.8. The van der Waals surface area contributed by atoms with Crippen LogP contribution in [0.15, 0.2) is 35.9 Å². The zero-order chi connectivity index (χ0) is 38.7. The van der Waals surface area contributed by atoms with Crippen molar-refractivity contribution in [3.8, 4) is 5.75 Å². The van der Waals surface area contributed by atoms with Gasteiger partial charge in [-0.2, -0.15) is 12.6 Å². The number of likely N-dealkylation sites (N-methyl/N-ethyl adjacent to an activating group) is 1. The SMILES string of the molecule is COc1cc2cc(c1Cl)N(C)C(=O)CC(OC(=O)[C@@H](C)N(C)C(=O)CCC(C)S)C1(C)OC1C(C)C1CC(O)(NC(=O)O1)C(OC)/C=C/C=C(\C)C2. The minimum absolute atomic E-state index is 0.00636. The second-order valence-corrected chi connectivity index (χ2v) is 15.6. The molecule has 9 atom stereocenters. The van der Waals surface area contributed by atoms with Crippen LogP contribution in [0.5, 0.6) is 5.75 Å². The fourth-order valence-corrected chi connectivity index (χ4v) is 7.17. The summed E-state index contributed by atoms with van der Waals surface area (Å²) < 4.78 is 29.2. The van der Waals surface area contributed by atoms with Gasteiger partial charge in [0.05, 0.1) is 25.3 Å². The average Bonchev–Trinajstić information content (AvgIpc) is 3.79. The number of benzene rings is 1. The van der Waals surface area contributed by atoms with Crippen LogP contribution in [0, 0.1) is 5.92 Å². The Balaban J connectivity index is 1.75. The van der Waals surface area contributed by atoms with Gasteiger partial charge in [0.15, 0.2) is 5.72 Å². The van der Waals surface area contributed by atoms with E-state index in [1.54, 1.807) is 52.1 Å². The monoisotopic (exact) mass is 765 g/mol. The van der Waals surface area contributed by atoms with E-state index in [1.807, 2.05) is 19.9 Å². The number of epoxide rings is 1. The second-order valence-electron chi connectivity index (χ2n) is 14.3. The van der Waals surface area contributed by atoms with E-state index in [2.05, 4.69) is 17.9 Å². The molecule has 3 amide bonds. The van der Waals surface area contributed by atoms with Crippen LogP contribution >= 0.6 is 24.2 Å². The molecule has 0 spiro atoms. The smallest absolute Gasteiger partial charge is 0.409 e. The van der Waals surface area contributed by atoms with Crippen LogP contribution in [0.25, 0.3) is 0 Å². The van der Waals surface area contributed by atoms with Crippen molar-refractivity contribution in [1.82, 2.24) is 10.2 Å². The molecule has 2 N–H and O–H groups in total. The number of alkyl carbamates (subject to hydrolysis) is 1. The first-order valence-electron chi connectivity index (χ1n) is 17.4. The molecule has 4 rings (SSSR count). The molecule has 2 fully saturated rings. The van der Waals surface area contributed by atoms with E-state index < -0.39 is 65.7 Å². The minimum atomic E-state index is -1.82. The van der Waals surface area contributed by atoms with Crippen molar-refractivity contribution < 1.29 is 48.0 Å². The Morgan fingerprint density at radius 2 is 1.94 bits per heavy atom. The number of carbonyl (C=O) groups excluding carboxylic acids is 4. The van der Waals surface area contributed by atoms with Crippen LogP contribution in [0.1, 0.15) is 65.9 Å². The van der Waals surface area contributed by atoms with Gasteiger partial charge in [-0.15, -0.1) is 0 Å². The molecule has 1 aromatic rings. The van der Waals surface area contributed by atoms with E-state index in [9.17, 15) is 24.3 Å². The maximum atomic E-state index is 14.1. The van der Waals surface area contributed by atoms with Gasteiger partial charge >= 0.3 is 12.1 Å². The Morgan fingerprint density at radius 3 is 2.58 bits per heavy atom. The highest BCUT2D eigenvalue weighted by molar-refractivity contribution is 7.80. The van der Waals surface area contributed by atoms with Gasteiger partial charge in [-0.25, -0.2) is 9.59 Å². The molecule has 0 aromatic heterocycles. The summed E-state index contributed by atoms with van der Waals surface area (Å²) in [6.07, 6.45) is 1.69. The number of fused-ring (bicyclic) bond motifs is 5. The van der Waals surface area contributed by atoms with Gasteiger partial charge in [0.2, 0.25) is 11.8 Å². The number of anilines is 1. The molecule has 0 aliphatic carbocycles. The predicted octanol–water partition coefficient (Wildman–Crippen LogP) is 4.61. The number of amides is 3. The van der Waals surface area contributed by atoms with Crippen LogP contribution in [-0.2, 0) is 39.8 Å². The van der Waals surface area contributed by atoms with Crippen molar-refractivity contribution in [2.75, 3.05) is 33.2 Å². The van der Waals surface area contributed by atoms with Crippen molar-refractivity contribution in [3.63, 3.8) is 0 Å². The standard InChI is InChI=1S/C37H52ClN3O10S/c1-20-11-10-12-28(48-9)37(46)19-27(49-35(45)39-37)22(3)33-36(5,51-33)29(50-34(44)23(4)40(6)30(42)14-13-21(2)52)18-31(43)41(7)25-16-24(15-20)17-26(47-8)32(25)38/h10-12,16-17,21-23,27-29,33,46,52H,13-15,18-19H2,1-9H3,(H,39,45)/b12-10+,20-11+/t21?,22?,23-,27?,28?,29?,33?,36?,37?/m1/s1. The molecule has 8 unspecified atom stereocenters. The lowest BCUT2D eigenvalue weighted by molar-refractivity contribution is -0.162. The first-order chi connectivity index (χ1) is 24.3. The summed E-state index contributed by atoms with van der Waals surface area (Å²) in [5.41, 5.74) is -0.906. The Hall–Kier alpha value is -3.30. The van der Waals surface area contributed by atoms with Crippen molar-refractivity contribution in [2.45, 2.75) is 114 Å². The third kappa shape index (κ3) is 9.25. The van der Waals surface area contributed by atoms with E-state index in [1.165, 1.54) is 31.1 Å². The van der Waals surface area contributed by atoms with Crippen LogP contribution < -0.4 is 15.0 Å². The lowest BCUT2D eigenvalue weighted by atomic mass is 9.83. The molecule has 3 aliphatic heterocycles. The summed E-state index contributed by atoms with van der Waals surface area (Å²) in [6.45, 7) is 8.88. The van der Waals surface area contributed by atoms with Gasteiger partial charge in [-0.1, -0.05) is 49.2 Å². The predicted molar refractivity (Wildman–Crippen MR) is 199 cm³/mol. The Labute approximate surface area is 316 Å². The fourth-order valence-electron chi connectivity index (χ4n) is 6.73. The largest absolute Gasteiger partial charge is 0.495 e. The van der Waals surface area contributed by atoms with Crippen LogP contribution in [0.3, 0.4) is 0 Å². The van der Waals surface area contributed by atoms with Gasteiger partial charge in [0.25, 0.3) is 0 Å². The summed E-state index contributed by atoms with van der Waals surface area (Å²) in [6, 6.07) is 2.61. The number of methoxy groups -OCH3 is 2. The van der Waals surface area contributed by atoms with Crippen LogP contribution in [-0.4, -0.2) is 109 Å². The molecule has 52 heavy (non-hydrogen) atoms. The number of aliphatic hydroxyl groups is 1. The van der Waals surface area contributed by atoms with Crippen molar-refractivity contribution in [2.24, 2.45) is 5.92 Å². The lowest BCUT2D eigenvalue weighted by Crippen LogP contribution is -2.63. The third-order valence-electron chi connectivity index (χ3n) is 10.3. The van der Waals surface area contributed by atoms with Gasteiger partial charge in [0.1, 0.15) is 40.7 Å². The van der Waals surface area contributed by atoms with E-state index >= 15 is 0 Å². The van der Waals surface area contributed by atoms with Gasteiger partial charge < -0.3 is 38.6 Å². The molecular formula is C37H52ClN3O10S. The number of hydrogen-bond acceptors (Lipinski definition) is 11. The minimum Gasteiger partial charge on any atom is -0.495 e. The highest BCUT2D eigenvalue weighted by Gasteiger charge is 2.64. The van der Waals surface area contributed by atoms with E-state index in [0.717, 1.165) is 11.1 Å². The zero-order valence-electron chi connectivity index (χ0n) is 31.3. The first-order valence-corrected chi connectivity index (χ1v) is 18.3. The third-order valence-corrected chi connectivity index (χ3v) is 10.9. The number of nitrogens with one attached hydrogen (secondary N) is 1. The van der Waals surface area contributed by atoms with Crippen molar-refractivity contribution in [3.05, 3.63) is 46.5 Å². The summed E-state index contributed by atoms with van der Waals surface area (Å²) in [4.78, 5) is 56.2. The number of hydrogen-bond donors (Lipinski definition) is 3. The molecule has 4 bridgehead atoms. The van der Waals surface area contributed by atoms with Gasteiger partial charge in [-0.3, -0.25) is 14.9 Å². The number of thiol groups is 1. The molecule has 0 saturated carbocycles. The molecule has 15 heteroatoms. The highest BCUT2D eigenvalue weighted by atomic mass is 35.5. The lowest BCUT2D eigenvalue weighted by Gasteiger charge is -2.42. The van der Waals surface area contributed by atoms with E-state index in [-0.39, 0.29) is 35.4 Å². The number of allylic oxidation sites excluding steroid dienone is 3. The van der Waals surface area contributed by atoms with Crippen LogP contribution in [0.4, 0.5) is 10.5 Å². The maximum absolute atomic E-state index is 14.1. The van der Waals surface area contributed by atoms with Crippen molar-refractivity contribution in [1.29, 1.82) is 0 Å². The van der Waals surface area contributed by atoms with E-state index in [0.29, 0.717) is 24.3 Å². The fraction of sp³-hybridized carbons (Fsp3) is 0.622. The van der Waals surface area contributed by atoms with Gasteiger partial charge in [-0.05, 0) is 56.6 Å². The number of carbonyl (C=O) groups is 4. The number of halogens is 1. The average molecular weight is 766 g/mol. The summed E-state index contributed by atoms with van der Waals surface area (Å²) in [5.74, 6) is -1.56. The molecule has 3 heterocycles. The van der Waals surface area contributed by atoms with Crippen LogP contribution in [0.2, 0.25) is 5.02 Å². The molecule has 2 saturated heterocycles.